The fraction of sp³-hybridized carbons (Fsp3) is 0.316. The second-order valence-corrected chi connectivity index (χ2v) is 9.15. The summed E-state index contributed by atoms with van der Waals surface area (Å²) in [6.07, 6.45) is 1.50. The second kappa shape index (κ2) is 6.68. The number of sulfonamides is 1. The van der Waals surface area contributed by atoms with Crippen molar-refractivity contribution in [2.24, 2.45) is 0 Å². The minimum Gasteiger partial charge on any atom is -0.342 e. The van der Waals surface area contributed by atoms with Crippen LogP contribution in [0.3, 0.4) is 0 Å². The zero-order valence-electron chi connectivity index (χ0n) is 14.4. The van der Waals surface area contributed by atoms with E-state index in [0.717, 1.165) is 35.3 Å². The molecule has 1 fully saturated rings. The van der Waals surface area contributed by atoms with Crippen molar-refractivity contribution in [3.8, 4) is 0 Å². The van der Waals surface area contributed by atoms with Gasteiger partial charge in [-0.05, 0) is 50.1 Å². The van der Waals surface area contributed by atoms with Gasteiger partial charge in [0.25, 0.3) is 0 Å². The molecule has 1 N–H and O–H groups in total. The summed E-state index contributed by atoms with van der Waals surface area (Å²) < 4.78 is 27.2. The minimum atomic E-state index is -3.43. The topological polar surface area (TPSA) is 66.1 Å². The van der Waals surface area contributed by atoms with Gasteiger partial charge in [-0.15, -0.1) is 0 Å². The molecule has 2 aromatic carbocycles. The van der Waals surface area contributed by atoms with E-state index in [1.54, 1.807) is 16.4 Å². The Balaban J connectivity index is 1.50. The molecule has 1 saturated heterocycles. The van der Waals surface area contributed by atoms with E-state index in [-0.39, 0.29) is 5.92 Å². The van der Waals surface area contributed by atoms with E-state index >= 15 is 0 Å². The van der Waals surface area contributed by atoms with Gasteiger partial charge in [-0.3, -0.25) is 0 Å². The van der Waals surface area contributed by atoms with Crippen LogP contribution in [0.15, 0.2) is 47.4 Å². The Kier molecular flexibility index (Phi) is 4.50. The van der Waals surface area contributed by atoms with Crippen molar-refractivity contribution in [1.29, 1.82) is 0 Å². The third-order valence-electron chi connectivity index (χ3n) is 4.96. The predicted molar refractivity (Wildman–Crippen MR) is 103 cm³/mol. The first-order valence-corrected chi connectivity index (χ1v) is 10.5. The van der Waals surface area contributed by atoms with E-state index in [4.69, 9.17) is 11.6 Å². The van der Waals surface area contributed by atoms with Crippen LogP contribution < -0.4 is 0 Å². The fourth-order valence-corrected chi connectivity index (χ4v) is 5.07. The van der Waals surface area contributed by atoms with Crippen LogP contribution in [-0.4, -0.2) is 35.8 Å². The number of rotatable bonds is 3. The molecule has 3 aromatic rings. The molecule has 136 valence electrons. The Morgan fingerprint density at radius 2 is 1.81 bits per heavy atom. The van der Waals surface area contributed by atoms with Gasteiger partial charge in [-0.2, -0.15) is 4.31 Å². The summed E-state index contributed by atoms with van der Waals surface area (Å²) in [4.78, 5) is 8.35. The summed E-state index contributed by atoms with van der Waals surface area (Å²) in [6.45, 7) is 2.94. The standard InChI is InChI=1S/C19H20ClN3O2S/c1-13-2-5-16(6-3-13)26(24,25)23-10-8-14(9-11-23)19-21-17-7-4-15(20)12-18(17)22-19/h2-7,12,14H,8-11H2,1H3,(H,21,22). The van der Waals surface area contributed by atoms with Crippen LogP contribution in [0.25, 0.3) is 11.0 Å². The Morgan fingerprint density at radius 1 is 1.12 bits per heavy atom. The first kappa shape index (κ1) is 17.5. The SMILES string of the molecule is Cc1ccc(S(=O)(=O)N2CCC(c3nc4ccc(Cl)cc4[nH]3)CC2)cc1. The Hall–Kier alpha value is -1.89. The van der Waals surface area contributed by atoms with Crippen LogP contribution in [0.5, 0.6) is 0 Å². The Morgan fingerprint density at radius 3 is 2.50 bits per heavy atom. The molecular formula is C19H20ClN3O2S. The van der Waals surface area contributed by atoms with E-state index in [1.165, 1.54) is 0 Å². The van der Waals surface area contributed by atoms with Crippen molar-refractivity contribution >= 4 is 32.7 Å². The lowest BCUT2D eigenvalue weighted by Crippen LogP contribution is -2.38. The summed E-state index contributed by atoms with van der Waals surface area (Å²) in [5, 5.41) is 0.673. The van der Waals surface area contributed by atoms with Crippen molar-refractivity contribution in [3.05, 3.63) is 58.9 Å². The number of fused-ring (bicyclic) bond motifs is 1. The molecule has 0 unspecified atom stereocenters. The lowest BCUT2D eigenvalue weighted by Gasteiger charge is -2.30. The molecule has 0 aliphatic carbocycles. The number of benzene rings is 2. The van der Waals surface area contributed by atoms with E-state index in [1.807, 2.05) is 37.3 Å². The number of halogens is 1. The molecule has 0 amide bonds. The largest absolute Gasteiger partial charge is 0.342 e. The molecule has 0 atom stereocenters. The van der Waals surface area contributed by atoms with Gasteiger partial charge in [-0.25, -0.2) is 13.4 Å². The molecule has 1 aromatic heterocycles. The normalized spacial score (nSPS) is 17.0. The highest BCUT2D eigenvalue weighted by molar-refractivity contribution is 7.89. The number of H-pyrrole nitrogens is 1. The first-order chi connectivity index (χ1) is 12.4. The lowest BCUT2D eigenvalue weighted by atomic mass is 9.97. The highest BCUT2D eigenvalue weighted by Crippen LogP contribution is 2.31. The lowest BCUT2D eigenvalue weighted by molar-refractivity contribution is 0.314. The molecule has 2 heterocycles. The molecule has 0 saturated carbocycles. The van der Waals surface area contributed by atoms with Crippen molar-refractivity contribution < 1.29 is 8.42 Å². The number of piperidine rings is 1. The van der Waals surface area contributed by atoms with Crippen LogP contribution in [0.1, 0.15) is 30.1 Å². The maximum absolute atomic E-state index is 12.8. The molecule has 5 nitrogen and oxygen atoms in total. The molecule has 1 aliphatic heterocycles. The molecule has 0 spiro atoms. The van der Waals surface area contributed by atoms with Crippen molar-refractivity contribution in [2.45, 2.75) is 30.6 Å². The third-order valence-corrected chi connectivity index (χ3v) is 7.11. The van der Waals surface area contributed by atoms with E-state index in [9.17, 15) is 8.42 Å². The number of hydrogen-bond acceptors (Lipinski definition) is 3. The number of aromatic amines is 1. The van der Waals surface area contributed by atoms with Gasteiger partial charge in [-0.1, -0.05) is 29.3 Å². The maximum atomic E-state index is 12.8. The maximum Gasteiger partial charge on any atom is 0.243 e. The predicted octanol–water partition coefficient (Wildman–Crippen LogP) is 4.09. The van der Waals surface area contributed by atoms with Gasteiger partial charge in [0.2, 0.25) is 10.0 Å². The number of aromatic nitrogens is 2. The van der Waals surface area contributed by atoms with Crippen LogP contribution in [0.4, 0.5) is 0 Å². The summed E-state index contributed by atoms with van der Waals surface area (Å²) in [7, 11) is -3.43. The number of imidazole rings is 1. The summed E-state index contributed by atoms with van der Waals surface area (Å²) in [6, 6.07) is 12.6. The van der Waals surface area contributed by atoms with Crippen molar-refractivity contribution in [1.82, 2.24) is 14.3 Å². The summed E-state index contributed by atoms with van der Waals surface area (Å²) >= 11 is 6.03. The van der Waals surface area contributed by atoms with Crippen LogP contribution in [0, 0.1) is 6.92 Å². The Bertz CT molecular complexity index is 1040. The van der Waals surface area contributed by atoms with Crippen molar-refractivity contribution in [3.63, 3.8) is 0 Å². The number of nitrogens with one attached hydrogen (secondary N) is 1. The van der Waals surface area contributed by atoms with Gasteiger partial charge >= 0.3 is 0 Å². The van der Waals surface area contributed by atoms with Crippen LogP contribution in [0.2, 0.25) is 5.02 Å². The van der Waals surface area contributed by atoms with Crippen LogP contribution >= 0.6 is 11.6 Å². The van der Waals surface area contributed by atoms with Gasteiger partial charge in [0.05, 0.1) is 15.9 Å². The van der Waals surface area contributed by atoms with E-state index in [0.29, 0.717) is 23.0 Å². The van der Waals surface area contributed by atoms with Gasteiger partial charge in [0.15, 0.2) is 0 Å². The van der Waals surface area contributed by atoms with Gasteiger partial charge in [0, 0.05) is 24.0 Å². The van der Waals surface area contributed by atoms with Gasteiger partial charge in [0.1, 0.15) is 5.82 Å². The van der Waals surface area contributed by atoms with Gasteiger partial charge < -0.3 is 4.98 Å². The van der Waals surface area contributed by atoms with E-state index in [2.05, 4.69) is 9.97 Å². The quantitative estimate of drug-likeness (QED) is 0.733. The number of aryl methyl sites for hydroxylation is 1. The minimum absolute atomic E-state index is 0.227. The smallest absolute Gasteiger partial charge is 0.243 e. The average Bonchev–Trinajstić information content (AvgIpc) is 3.05. The second-order valence-electron chi connectivity index (χ2n) is 6.77. The fourth-order valence-electron chi connectivity index (χ4n) is 3.42. The third kappa shape index (κ3) is 3.24. The van der Waals surface area contributed by atoms with Crippen LogP contribution in [-0.2, 0) is 10.0 Å². The summed E-state index contributed by atoms with van der Waals surface area (Å²) in [5.41, 5.74) is 2.86. The zero-order chi connectivity index (χ0) is 18.3. The Labute approximate surface area is 158 Å². The highest BCUT2D eigenvalue weighted by Gasteiger charge is 2.31. The monoisotopic (exact) mass is 389 g/mol. The zero-order valence-corrected chi connectivity index (χ0v) is 16.0. The molecule has 26 heavy (non-hydrogen) atoms. The first-order valence-electron chi connectivity index (χ1n) is 8.65. The van der Waals surface area contributed by atoms with E-state index < -0.39 is 10.0 Å². The molecule has 1 aliphatic rings. The molecule has 4 rings (SSSR count). The number of nitrogens with zero attached hydrogens (tertiary/aromatic N) is 2. The molecule has 0 radical (unpaired) electrons. The molecule has 7 heteroatoms. The molecular weight excluding hydrogens is 370 g/mol. The highest BCUT2D eigenvalue weighted by atomic mass is 35.5. The summed E-state index contributed by atoms with van der Waals surface area (Å²) in [5.74, 6) is 1.14. The van der Waals surface area contributed by atoms with Crippen molar-refractivity contribution in [2.75, 3.05) is 13.1 Å². The molecule has 0 bridgehead atoms. The average molecular weight is 390 g/mol. The number of hydrogen-bond donors (Lipinski definition) is 1.